The number of halogens is 3. The standard InChI is InChI=1S/C20H19F3N6O2/c1-10-6-24-18(30)14-8-26-29-9-15-17(27-16(14)29)28(4-3-20(15,22)23)11(2)13-5-12(21)7-25-19(13)31-10/h5,7-11H,3-4,6H2,1-2H3,(H,24,30)/t10-,11+/m0/s1. The molecule has 0 radical (unpaired) electrons. The summed E-state index contributed by atoms with van der Waals surface area (Å²) in [6, 6.07) is 0.721. The minimum atomic E-state index is -3.12. The van der Waals surface area contributed by atoms with Crippen molar-refractivity contribution < 1.29 is 22.7 Å². The quantitative estimate of drug-likeness (QED) is 0.588. The Balaban J connectivity index is 1.76. The molecule has 2 aliphatic rings. The maximum Gasteiger partial charge on any atom is 0.279 e. The minimum Gasteiger partial charge on any atom is -0.473 e. The fraction of sp³-hybridized carbons (Fsp3) is 0.400. The van der Waals surface area contributed by atoms with Gasteiger partial charge in [0.25, 0.3) is 11.8 Å². The zero-order valence-corrected chi connectivity index (χ0v) is 16.8. The van der Waals surface area contributed by atoms with Crippen LogP contribution in [0.3, 0.4) is 0 Å². The molecule has 0 saturated heterocycles. The second kappa shape index (κ2) is 6.82. The first-order valence-corrected chi connectivity index (χ1v) is 9.88. The molecule has 0 aliphatic carbocycles. The molecule has 11 heteroatoms. The van der Waals surface area contributed by atoms with Gasteiger partial charge in [0.2, 0.25) is 5.88 Å². The number of anilines is 1. The number of carbonyl (C=O) groups is 1. The molecule has 1 amide bonds. The number of fused-ring (bicyclic) bond motifs is 1. The molecule has 5 heterocycles. The molecule has 0 fully saturated rings. The third-order valence-corrected chi connectivity index (χ3v) is 5.68. The summed E-state index contributed by atoms with van der Waals surface area (Å²) in [4.78, 5) is 22.8. The monoisotopic (exact) mass is 432 g/mol. The van der Waals surface area contributed by atoms with Crippen LogP contribution in [-0.2, 0) is 5.92 Å². The third-order valence-electron chi connectivity index (χ3n) is 5.68. The first kappa shape index (κ1) is 19.6. The minimum absolute atomic E-state index is 0.0216. The van der Waals surface area contributed by atoms with Gasteiger partial charge in [-0.15, -0.1) is 0 Å². The van der Waals surface area contributed by atoms with Crippen molar-refractivity contribution in [3.63, 3.8) is 0 Å². The van der Waals surface area contributed by atoms with E-state index in [0.717, 1.165) is 6.20 Å². The second-order valence-electron chi connectivity index (χ2n) is 7.81. The molecule has 1 N–H and O–H groups in total. The van der Waals surface area contributed by atoms with E-state index in [1.165, 1.54) is 23.0 Å². The van der Waals surface area contributed by atoms with Gasteiger partial charge in [-0.3, -0.25) is 4.79 Å². The maximum absolute atomic E-state index is 14.8. The molecule has 0 saturated carbocycles. The van der Waals surface area contributed by atoms with E-state index in [1.54, 1.807) is 18.7 Å². The van der Waals surface area contributed by atoms with E-state index >= 15 is 0 Å². The Labute approximate surface area is 175 Å². The van der Waals surface area contributed by atoms with E-state index in [2.05, 4.69) is 20.4 Å². The Morgan fingerprint density at radius 1 is 1.29 bits per heavy atom. The molecule has 2 atom stereocenters. The van der Waals surface area contributed by atoms with Crippen LogP contribution in [0, 0.1) is 5.82 Å². The Morgan fingerprint density at radius 2 is 2.10 bits per heavy atom. The third kappa shape index (κ3) is 3.15. The molecule has 2 bridgehead atoms. The number of alkyl halides is 2. The summed E-state index contributed by atoms with van der Waals surface area (Å²) in [7, 11) is 0. The van der Waals surface area contributed by atoms with Crippen LogP contribution < -0.4 is 15.0 Å². The van der Waals surface area contributed by atoms with E-state index < -0.39 is 36.2 Å². The molecular formula is C20H19F3N6O2. The number of rotatable bonds is 0. The van der Waals surface area contributed by atoms with Crippen molar-refractivity contribution in [2.24, 2.45) is 0 Å². The van der Waals surface area contributed by atoms with Crippen molar-refractivity contribution in [3.8, 4) is 5.88 Å². The fourth-order valence-corrected chi connectivity index (χ4v) is 3.99. The lowest BCUT2D eigenvalue weighted by Gasteiger charge is -2.38. The lowest BCUT2D eigenvalue weighted by Crippen LogP contribution is -2.39. The lowest BCUT2D eigenvalue weighted by atomic mass is 9.99. The van der Waals surface area contributed by atoms with Crippen LogP contribution in [0.25, 0.3) is 5.65 Å². The molecule has 0 aromatic carbocycles. The molecule has 162 valence electrons. The van der Waals surface area contributed by atoms with Gasteiger partial charge in [0, 0.05) is 24.7 Å². The average Bonchev–Trinajstić information content (AvgIpc) is 3.14. The summed E-state index contributed by atoms with van der Waals surface area (Å²) in [5, 5.41) is 6.77. The summed E-state index contributed by atoms with van der Waals surface area (Å²) in [6.07, 6.45) is 2.62. The van der Waals surface area contributed by atoms with Gasteiger partial charge in [-0.2, -0.15) is 5.10 Å². The SMILES string of the molecule is C[C@@H]1c2cc(F)cnc2O[C@@H](C)CNC(=O)c2cnn3cc4c(nc23)N1CCC4(F)F. The number of hydrogen-bond acceptors (Lipinski definition) is 6. The van der Waals surface area contributed by atoms with Crippen LogP contribution in [0.1, 0.15) is 47.8 Å². The number of aromatic nitrogens is 4. The molecule has 3 aromatic rings. The Hall–Kier alpha value is -3.37. The number of nitrogens with one attached hydrogen (secondary N) is 1. The van der Waals surface area contributed by atoms with Gasteiger partial charge < -0.3 is 15.0 Å². The van der Waals surface area contributed by atoms with E-state index in [9.17, 15) is 18.0 Å². The van der Waals surface area contributed by atoms with E-state index in [-0.39, 0.29) is 41.6 Å². The van der Waals surface area contributed by atoms with Crippen molar-refractivity contribution >= 4 is 17.4 Å². The average molecular weight is 432 g/mol. The van der Waals surface area contributed by atoms with E-state index in [0.29, 0.717) is 5.56 Å². The van der Waals surface area contributed by atoms with Crippen LogP contribution in [-0.4, -0.2) is 44.7 Å². The highest BCUT2D eigenvalue weighted by atomic mass is 19.3. The first-order chi connectivity index (χ1) is 14.7. The number of amides is 1. The zero-order chi connectivity index (χ0) is 21.9. The highest BCUT2D eigenvalue weighted by molar-refractivity contribution is 5.99. The largest absolute Gasteiger partial charge is 0.473 e. The van der Waals surface area contributed by atoms with Gasteiger partial charge in [-0.25, -0.2) is 27.7 Å². The summed E-state index contributed by atoms with van der Waals surface area (Å²) in [6.45, 7) is 3.62. The van der Waals surface area contributed by atoms with Gasteiger partial charge in [0.05, 0.1) is 30.5 Å². The number of ether oxygens (including phenoxy) is 1. The van der Waals surface area contributed by atoms with E-state index in [4.69, 9.17) is 4.74 Å². The molecule has 5 rings (SSSR count). The predicted molar refractivity (Wildman–Crippen MR) is 104 cm³/mol. The van der Waals surface area contributed by atoms with Crippen LogP contribution in [0.5, 0.6) is 5.88 Å². The molecule has 8 nitrogen and oxygen atoms in total. The first-order valence-electron chi connectivity index (χ1n) is 9.88. The van der Waals surface area contributed by atoms with Crippen LogP contribution in [0.15, 0.2) is 24.7 Å². The van der Waals surface area contributed by atoms with Crippen LogP contribution in [0.4, 0.5) is 19.0 Å². The molecule has 0 unspecified atom stereocenters. The highest BCUT2D eigenvalue weighted by Gasteiger charge is 2.43. The molecule has 31 heavy (non-hydrogen) atoms. The van der Waals surface area contributed by atoms with Crippen molar-refractivity contribution in [2.75, 3.05) is 18.0 Å². The van der Waals surface area contributed by atoms with Crippen LogP contribution in [0.2, 0.25) is 0 Å². The van der Waals surface area contributed by atoms with Crippen molar-refractivity contribution in [2.45, 2.75) is 38.3 Å². The van der Waals surface area contributed by atoms with Crippen molar-refractivity contribution in [3.05, 3.63) is 47.2 Å². The van der Waals surface area contributed by atoms with Gasteiger partial charge in [0.1, 0.15) is 23.3 Å². The lowest BCUT2D eigenvalue weighted by molar-refractivity contribution is -0.0167. The topological polar surface area (TPSA) is 84.6 Å². The summed E-state index contributed by atoms with van der Waals surface area (Å²) in [5.41, 5.74) is 0.432. The predicted octanol–water partition coefficient (Wildman–Crippen LogP) is 2.84. The Bertz CT molecular complexity index is 1200. The normalized spacial score (nSPS) is 22.7. The van der Waals surface area contributed by atoms with Crippen molar-refractivity contribution in [1.82, 2.24) is 24.9 Å². The Kier molecular flexibility index (Phi) is 4.31. The highest BCUT2D eigenvalue weighted by Crippen LogP contribution is 2.45. The van der Waals surface area contributed by atoms with Gasteiger partial charge in [0.15, 0.2) is 5.65 Å². The second-order valence-corrected chi connectivity index (χ2v) is 7.81. The maximum atomic E-state index is 14.8. The number of hydrogen-bond donors (Lipinski definition) is 1. The molecule has 0 spiro atoms. The summed E-state index contributed by atoms with van der Waals surface area (Å²) < 4.78 is 50.7. The molecular weight excluding hydrogens is 413 g/mol. The van der Waals surface area contributed by atoms with Gasteiger partial charge in [-0.05, 0) is 19.9 Å². The fourth-order valence-electron chi connectivity index (χ4n) is 3.99. The van der Waals surface area contributed by atoms with Crippen molar-refractivity contribution in [1.29, 1.82) is 0 Å². The van der Waals surface area contributed by atoms with Crippen LogP contribution >= 0.6 is 0 Å². The zero-order valence-electron chi connectivity index (χ0n) is 16.8. The molecule has 3 aromatic heterocycles. The number of nitrogens with zero attached hydrogens (tertiary/aromatic N) is 5. The smallest absolute Gasteiger partial charge is 0.279 e. The number of carbonyl (C=O) groups excluding carboxylic acids is 1. The Morgan fingerprint density at radius 3 is 2.90 bits per heavy atom. The number of pyridine rings is 1. The summed E-state index contributed by atoms with van der Waals surface area (Å²) >= 11 is 0. The van der Waals surface area contributed by atoms with E-state index in [1.807, 2.05) is 0 Å². The van der Waals surface area contributed by atoms with Gasteiger partial charge in [-0.1, -0.05) is 0 Å². The molecule has 2 aliphatic heterocycles. The van der Waals surface area contributed by atoms with Gasteiger partial charge >= 0.3 is 0 Å². The summed E-state index contributed by atoms with van der Waals surface area (Å²) in [5.74, 6) is -3.94.